The van der Waals surface area contributed by atoms with Gasteiger partial charge in [-0.25, -0.2) is 4.79 Å². The van der Waals surface area contributed by atoms with Gasteiger partial charge >= 0.3 is 5.97 Å². The summed E-state index contributed by atoms with van der Waals surface area (Å²) in [5, 5.41) is 0. The van der Waals surface area contributed by atoms with Gasteiger partial charge in [0.05, 0.1) is 12.9 Å². The van der Waals surface area contributed by atoms with E-state index in [0.29, 0.717) is 12.5 Å². The Morgan fingerprint density at radius 1 is 1.62 bits per heavy atom. The van der Waals surface area contributed by atoms with Crippen LogP contribution in [0.4, 0.5) is 0 Å². The van der Waals surface area contributed by atoms with Crippen molar-refractivity contribution in [1.82, 2.24) is 0 Å². The fourth-order valence-electron chi connectivity index (χ4n) is 1.09. The molecule has 2 N–H and O–H groups in total. The molecule has 0 saturated heterocycles. The Bertz CT molecular complexity index is 338. The van der Waals surface area contributed by atoms with Gasteiger partial charge < -0.3 is 14.9 Å². The summed E-state index contributed by atoms with van der Waals surface area (Å²) in [7, 11) is 1.34. The Hall–Kier alpha value is -0.940. The third-order valence-electron chi connectivity index (χ3n) is 2.10. The average molecular weight is 243 g/mol. The SMILES string of the molecule is COC(=O)c1ccc(CSCC(C)CN)o1. The first-order valence-electron chi connectivity index (χ1n) is 5.12. The molecule has 1 heterocycles. The van der Waals surface area contributed by atoms with Crippen molar-refractivity contribution in [1.29, 1.82) is 0 Å². The molecule has 0 fully saturated rings. The molecule has 0 aliphatic rings. The Labute approximate surface area is 99.5 Å². The fourth-order valence-corrected chi connectivity index (χ4v) is 2.11. The normalized spacial score (nSPS) is 12.4. The Kier molecular flexibility index (Phi) is 5.42. The van der Waals surface area contributed by atoms with Crippen LogP contribution in [0.15, 0.2) is 16.5 Å². The van der Waals surface area contributed by atoms with Crippen LogP contribution in [-0.4, -0.2) is 25.4 Å². The minimum absolute atomic E-state index is 0.255. The molecule has 1 aromatic heterocycles. The molecule has 0 aliphatic carbocycles. The van der Waals surface area contributed by atoms with E-state index in [0.717, 1.165) is 17.3 Å². The van der Waals surface area contributed by atoms with Crippen LogP contribution in [0, 0.1) is 5.92 Å². The van der Waals surface area contributed by atoms with Gasteiger partial charge in [-0.05, 0) is 30.3 Å². The molecule has 4 nitrogen and oxygen atoms in total. The van der Waals surface area contributed by atoms with E-state index < -0.39 is 5.97 Å². The number of hydrogen-bond donors (Lipinski definition) is 1. The summed E-state index contributed by atoms with van der Waals surface area (Å²) in [5.41, 5.74) is 5.52. The number of esters is 1. The van der Waals surface area contributed by atoms with E-state index in [4.69, 9.17) is 10.2 Å². The Morgan fingerprint density at radius 3 is 3.00 bits per heavy atom. The summed E-state index contributed by atoms with van der Waals surface area (Å²) >= 11 is 1.75. The fraction of sp³-hybridized carbons (Fsp3) is 0.545. The molecule has 90 valence electrons. The number of ether oxygens (including phenoxy) is 1. The third kappa shape index (κ3) is 3.90. The van der Waals surface area contributed by atoms with Gasteiger partial charge in [0.25, 0.3) is 0 Å². The predicted octanol–water partition coefficient (Wildman–Crippen LogP) is 1.89. The van der Waals surface area contributed by atoms with Gasteiger partial charge in [-0.15, -0.1) is 0 Å². The number of nitrogens with two attached hydrogens (primary N) is 1. The number of methoxy groups -OCH3 is 1. The van der Waals surface area contributed by atoms with Crippen LogP contribution in [0.2, 0.25) is 0 Å². The monoisotopic (exact) mass is 243 g/mol. The van der Waals surface area contributed by atoms with E-state index in [1.165, 1.54) is 7.11 Å². The molecule has 5 heteroatoms. The maximum absolute atomic E-state index is 11.1. The molecule has 0 aromatic carbocycles. The largest absolute Gasteiger partial charge is 0.463 e. The van der Waals surface area contributed by atoms with Crippen molar-refractivity contribution in [2.45, 2.75) is 12.7 Å². The van der Waals surface area contributed by atoms with Crippen LogP contribution < -0.4 is 5.73 Å². The van der Waals surface area contributed by atoms with Crippen LogP contribution in [0.25, 0.3) is 0 Å². The minimum atomic E-state index is -0.438. The molecule has 0 aliphatic heterocycles. The minimum Gasteiger partial charge on any atom is -0.463 e. The van der Waals surface area contributed by atoms with E-state index in [-0.39, 0.29) is 5.76 Å². The van der Waals surface area contributed by atoms with Crippen molar-refractivity contribution >= 4 is 17.7 Å². The molecule has 0 radical (unpaired) electrons. The van der Waals surface area contributed by atoms with Crippen LogP contribution >= 0.6 is 11.8 Å². The van der Waals surface area contributed by atoms with Crippen LogP contribution in [0.1, 0.15) is 23.2 Å². The van der Waals surface area contributed by atoms with Crippen molar-refractivity contribution in [3.8, 4) is 0 Å². The highest BCUT2D eigenvalue weighted by Crippen LogP contribution is 2.17. The number of hydrogen-bond acceptors (Lipinski definition) is 5. The molecule has 1 unspecified atom stereocenters. The molecule has 1 aromatic rings. The van der Waals surface area contributed by atoms with Gasteiger partial charge in [0, 0.05) is 0 Å². The maximum atomic E-state index is 11.1. The van der Waals surface area contributed by atoms with E-state index in [9.17, 15) is 4.79 Å². The lowest BCUT2D eigenvalue weighted by atomic mass is 10.2. The van der Waals surface area contributed by atoms with Crippen molar-refractivity contribution < 1.29 is 13.9 Å². The summed E-state index contributed by atoms with van der Waals surface area (Å²) in [6, 6.07) is 3.43. The van der Waals surface area contributed by atoms with Gasteiger partial charge in [0.1, 0.15) is 5.76 Å². The van der Waals surface area contributed by atoms with Gasteiger partial charge in [-0.1, -0.05) is 6.92 Å². The number of thioether (sulfide) groups is 1. The van der Waals surface area contributed by atoms with Gasteiger partial charge in [-0.2, -0.15) is 11.8 Å². The van der Waals surface area contributed by atoms with Crippen molar-refractivity contribution in [3.63, 3.8) is 0 Å². The second kappa shape index (κ2) is 6.60. The van der Waals surface area contributed by atoms with Gasteiger partial charge in [0.15, 0.2) is 0 Å². The molecule has 1 rings (SSSR count). The van der Waals surface area contributed by atoms with E-state index in [1.807, 2.05) is 0 Å². The number of carbonyl (C=O) groups is 1. The zero-order chi connectivity index (χ0) is 12.0. The predicted molar refractivity (Wildman–Crippen MR) is 64.4 cm³/mol. The first-order chi connectivity index (χ1) is 7.67. The summed E-state index contributed by atoms with van der Waals surface area (Å²) in [6.07, 6.45) is 0. The molecule has 0 bridgehead atoms. The first kappa shape index (κ1) is 13.1. The maximum Gasteiger partial charge on any atom is 0.373 e. The van der Waals surface area contributed by atoms with Crippen molar-refractivity contribution in [2.24, 2.45) is 11.7 Å². The standard InChI is InChI=1S/C11H17NO3S/c1-8(5-12)6-16-7-9-3-4-10(15-9)11(13)14-2/h3-4,8H,5-7,12H2,1-2H3. The highest BCUT2D eigenvalue weighted by atomic mass is 32.2. The van der Waals surface area contributed by atoms with Gasteiger partial charge in [0.2, 0.25) is 5.76 Å². The molecule has 0 amide bonds. The molecule has 0 spiro atoms. The van der Waals surface area contributed by atoms with Crippen LogP contribution in [0.3, 0.4) is 0 Å². The van der Waals surface area contributed by atoms with E-state index in [2.05, 4.69) is 11.7 Å². The average Bonchev–Trinajstić information content (AvgIpc) is 2.76. The number of carbonyl (C=O) groups excluding carboxylic acids is 1. The lowest BCUT2D eigenvalue weighted by molar-refractivity contribution is 0.0563. The first-order valence-corrected chi connectivity index (χ1v) is 6.27. The van der Waals surface area contributed by atoms with Gasteiger partial charge in [-0.3, -0.25) is 0 Å². The second-order valence-corrected chi connectivity index (χ2v) is 4.64. The summed E-state index contributed by atoms with van der Waals surface area (Å²) < 4.78 is 9.88. The van der Waals surface area contributed by atoms with E-state index >= 15 is 0 Å². The highest BCUT2D eigenvalue weighted by molar-refractivity contribution is 7.98. The molecule has 16 heavy (non-hydrogen) atoms. The van der Waals surface area contributed by atoms with Crippen LogP contribution in [-0.2, 0) is 10.5 Å². The Morgan fingerprint density at radius 2 is 2.38 bits per heavy atom. The summed E-state index contributed by atoms with van der Waals surface area (Å²) in [4.78, 5) is 11.1. The second-order valence-electron chi connectivity index (χ2n) is 3.61. The summed E-state index contributed by atoms with van der Waals surface area (Å²) in [6.45, 7) is 2.80. The molecular formula is C11H17NO3S. The molecular weight excluding hydrogens is 226 g/mol. The van der Waals surface area contributed by atoms with Crippen molar-refractivity contribution in [3.05, 3.63) is 23.7 Å². The van der Waals surface area contributed by atoms with Crippen LogP contribution in [0.5, 0.6) is 0 Å². The quantitative estimate of drug-likeness (QED) is 0.773. The number of furan rings is 1. The van der Waals surface area contributed by atoms with Crippen molar-refractivity contribution in [2.75, 3.05) is 19.4 Å². The highest BCUT2D eigenvalue weighted by Gasteiger charge is 2.11. The number of rotatable bonds is 6. The summed E-state index contributed by atoms with van der Waals surface area (Å²) in [5.74, 6) is 2.85. The smallest absolute Gasteiger partial charge is 0.373 e. The topological polar surface area (TPSA) is 65.5 Å². The zero-order valence-electron chi connectivity index (χ0n) is 9.56. The third-order valence-corrected chi connectivity index (χ3v) is 3.39. The molecule has 1 atom stereocenters. The lowest BCUT2D eigenvalue weighted by Crippen LogP contribution is -2.12. The molecule has 0 saturated carbocycles. The zero-order valence-corrected chi connectivity index (χ0v) is 10.4. The lowest BCUT2D eigenvalue weighted by Gasteiger charge is -2.05. The Balaban J connectivity index is 2.38. The van der Waals surface area contributed by atoms with E-state index in [1.54, 1.807) is 23.9 Å².